The van der Waals surface area contributed by atoms with E-state index in [4.69, 9.17) is 9.68 Å². The topological polar surface area (TPSA) is 101 Å². The first-order valence-corrected chi connectivity index (χ1v) is 12.7. The molecule has 8 heteroatoms. The van der Waals surface area contributed by atoms with Crippen LogP contribution in [0.5, 0.6) is 0 Å². The van der Waals surface area contributed by atoms with Crippen LogP contribution in [0.3, 0.4) is 0 Å². The number of carbonyl (C=O) groups is 2. The van der Waals surface area contributed by atoms with Crippen LogP contribution in [0.25, 0.3) is 0 Å². The summed E-state index contributed by atoms with van der Waals surface area (Å²) in [4.78, 5) is 34.4. The van der Waals surface area contributed by atoms with Gasteiger partial charge in [-0.3, -0.25) is 9.68 Å². The van der Waals surface area contributed by atoms with Crippen LogP contribution in [-0.2, 0) is 42.4 Å². The largest absolute Gasteiger partial charge is 0.338 e. The first-order valence-electron chi connectivity index (χ1n) is 12.7. The Morgan fingerprint density at radius 1 is 0.462 bits per heavy atom. The minimum atomic E-state index is -0.387. The molecule has 0 aliphatic carbocycles. The quantitative estimate of drug-likeness (QED) is 0.193. The lowest BCUT2D eigenvalue weighted by Gasteiger charge is -2.10. The summed E-state index contributed by atoms with van der Waals surface area (Å²) >= 11 is 0. The zero-order valence-corrected chi connectivity index (χ0v) is 21.6. The van der Waals surface area contributed by atoms with Gasteiger partial charge >= 0.3 is 12.1 Å². The molecule has 0 saturated heterocycles. The van der Waals surface area contributed by atoms with E-state index in [0.717, 1.165) is 39.8 Å². The van der Waals surface area contributed by atoms with Gasteiger partial charge in [-0.25, -0.2) is 20.5 Å². The Balaban J connectivity index is 1.12. The standard InChI is InChI=1S/C31H32N4O4/c36-30(34-38-22-28-7-3-1-4-8-28)32-20-26-15-11-24(12-16-26)19-25-13-17-27(18-14-25)21-33-31(37)35-39-23-29-9-5-2-6-10-29/h1-18H,19-23H2,(H2,32,34,36)(H2,33,35,37). The second kappa shape index (κ2) is 14.9. The molecule has 0 heterocycles. The molecule has 4 rings (SSSR count). The van der Waals surface area contributed by atoms with Crippen LogP contribution in [0.4, 0.5) is 9.59 Å². The molecule has 0 atom stereocenters. The molecular weight excluding hydrogens is 492 g/mol. The second-order valence-electron chi connectivity index (χ2n) is 8.93. The number of nitrogens with one attached hydrogen (secondary N) is 4. The molecule has 0 aliphatic rings. The molecule has 200 valence electrons. The predicted molar refractivity (Wildman–Crippen MR) is 149 cm³/mol. The Kier molecular flexibility index (Phi) is 10.5. The van der Waals surface area contributed by atoms with Gasteiger partial charge in [-0.2, -0.15) is 0 Å². The fourth-order valence-electron chi connectivity index (χ4n) is 3.74. The lowest BCUT2D eigenvalue weighted by atomic mass is 10.0. The Bertz CT molecular complexity index is 1200. The Labute approximate surface area is 228 Å². The monoisotopic (exact) mass is 524 g/mol. The van der Waals surface area contributed by atoms with E-state index in [9.17, 15) is 9.59 Å². The van der Waals surface area contributed by atoms with Crippen molar-refractivity contribution in [1.29, 1.82) is 0 Å². The second-order valence-corrected chi connectivity index (χ2v) is 8.93. The molecule has 4 N–H and O–H groups in total. The molecule has 0 fully saturated rings. The lowest BCUT2D eigenvalue weighted by Crippen LogP contribution is -2.34. The van der Waals surface area contributed by atoms with Gasteiger partial charge < -0.3 is 10.6 Å². The number of hydrogen-bond acceptors (Lipinski definition) is 4. The summed E-state index contributed by atoms with van der Waals surface area (Å²) in [5, 5.41) is 5.56. The Morgan fingerprint density at radius 3 is 1.21 bits per heavy atom. The molecule has 39 heavy (non-hydrogen) atoms. The van der Waals surface area contributed by atoms with Crippen molar-refractivity contribution in [3.8, 4) is 0 Å². The van der Waals surface area contributed by atoms with Crippen molar-refractivity contribution >= 4 is 12.1 Å². The molecule has 4 amide bonds. The highest BCUT2D eigenvalue weighted by atomic mass is 16.7. The molecule has 0 aliphatic heterocycles. The van der Waals surface area contributed by atoms with Gasteiger partial charge in [-0.05, 0) is 39.8 Å². The van der Waals surface area contributed by atoms with Crippen molar-refractivity contribution in [3.63, 3.8) is 0 Å². The fraction of sp³-hybridized carbons (Fsp3) is 0.161. The minimum absolute atomic E-state index is 0.305. The molecule has 0 radical (unpaired) electrons. The summed E-state index contributed by atoms with van der Waals surface area (Å²) in [6.45, 7) is 1.40. The van der Waals surface area contributed by atoms with Crippen molar-refractivity contribution in [3.05, 3.63) is 143 Å². The first-order chi connectivity index (χ1) is 19.1. The van der Waals surface area contributed by atoms with Crippen molar-refractivity contribution in [2.45, 2.75) is 32.7 Å². The van der Waals surface area contributed by atoms with Crippen molar-refractivity contribution in [2.75, 3.05) is 0 Å². The van der Waals surface area contributed by atoms with Crippen LogP contribution >= 0.6 is 0 Å². The van der Waals surface area contributed by atoms with E-state index in [1.807, 2.05) is 84.9 Å². The SMILES string of the molecule is O=C(NCc1ccc(Cc2ccc(CNC(=O)NOCc3ccccc3)cc2)cc1)NOCc1ccccc1. The summed E-state index contributed by atoms with van der Waals surface area (Å²) < 4.78 is 0. The number of carbonyl (C=O) groups excluding carboxylic acids is 2. The number of urea groups is 2. The van der Waals surface area contributed by atoms with Gasteiger partial charge in [0.15, 0.2) is 0 Å². The number of hydroxylamine groups is 2. The molecule has 0 saturated carbocycles. The molecule has 0 unspecified atom stereocenters. The van der Waals surface area contributed by atoms with Crippen LogP contribution in [0.2, 0.25) is 0 Å². The van der Waals surface area contributed by atoms with Crippen molar-refractivity contribution in [1.82, 2.24) is 21.6 Å². The van der Waals surface area contributed by atoms with E-state index in [1.165, 1.54) is 0 Å². The normalized spacial score (nSPS) is 10.5. The lowest BCUT2D eigenvalue weighted by molar-refractivity contribution is 0.0489. The van der Waals surface area contributed by atoms with Crippen molar-refractivity contribution < 1.29 is 19.3 Å². The molecule has 0 aromatic heterocycles. The number of benzene rings is 4. The predicted octanol–water partition coefficient (Wildman–Crippen LogP) is 5.14. The highest BCUT2D eigenvalue weighted by molar-refractivity contribution is 5.73. The van der Waals surface area contributed by atoms with E-state index in [1.54, 1.807) is 0 Å². The third-order valence-corrected chi connectivity index (χ3v) is 5.85. The zero-order valence-electron chi connectivity index (χ0n) is 21.6. The molecule has 8 nitrogen and oxygen atoms in total. The smallest absolute Gasteiger partial charge is 0.332 e. The van der Waals surface area contributed by atoms with Crippen LogP contribution in [-0.4, -0.2) is 12.1 Å². The van der Waals surface area contributed by atoms with E-state index >= 15 is 0 Å². The van der Waals surface area contributed by atoms with Crippen LogP contribution < -0.4 is 21.6 Å². The molecule has 0 spiro atoms. The van der Waals surface area contributed by atoms with Gasteiger partial charge in [0.25, 0.3) is 0 Å². The summed E-state index contributed by atoms with van der Waals surface area (Å²) in [5.41, 5.74) is 11.1. The highest BCUT2D eigenvalue weighted by Gasteiger charge is 2.04. The zero-order chi connectivity index (χ0) is 27.1. The Hall–Kier alpha value is -4.66. The maximum Gasteiger partial charge on any atom is 0.338 e. The highest BCUT2D eigenvalue weighted by Crippen LogP contribution is 2.12. The molecule has 4 aromatic rings. The van der Waals surface area contributed by atoms with Gasteiger partial charge in [0.05, 0.1) is 13.2 Å². The van der Waals surface area contributed by atoms with E-state index in [0.29, 0.717) is 26.3 Å². The summed E-state index contributed by atoms with van der Waals surface area (Å²) in [7, 11) is 0. The minimum Gasteiger partial charge on any atom is -0.332 e. The van der Waals surface area contributed by atoms with Gasteiger partial charge in [0, 0.05) is 13.1 Å². The van der Waals surface area contributed by atoms with Crippen molar-refractivity contribution in [2.24, 2.45) is 0 Å². The summed E-state index contributed by atoms with van der Waals surface area (Å²) in [5.74, 6) is 0. The van der Waals surface area contributed by atoms with Crippen LogP contribution in [0, 0.1) is 0 Å². The van der Waals surface area contributed by atoms with Gasteiger partial charge in [0.2, 0.25) is 0 Å². The van der Waals surface area contributed by atoms with E-state index in [-0.39, 0.29) is 12.1 Å². The van der Waals surface area contributed by atoms with Crippen LogP contribution in [0.1, 0.15) is 33.4 Å². The third kappa shape index (κ3) is 9.96. The number of hydrogen-bond donors (Lipinski definition) is 4. The maximum absolute atomic E-state index is 11.9. The Morgan fingerprint density at radius 2 is 0.821 bits per heavy atom. The number of rotatable bonds is 12. The van der Waals surface area contributed by atoms with Crippen LogP contribution in [0.15, 0.2) is 109 Å². The van der Waals surface area contributed by atoms with Gasteiger partial charge in [-0.15, -0.1) is 0 Å². The van der Waals surface area contributed by atoms with E-state index in [2.05, 4.69) is 45.9 Å². The third-order valence-electron chi connectivity index (χ3n) is 5.85. The number of amides is 4. The average Bonchev–Trinajstić information content (AvgIpc) is 2.97. The summed E-state index contributed by atoms with van der Waals surface area (Å²) in [6, 6.07) is 34.7. The average molecular weight is 525 g/mol. The maximum atomic E-state index is 11.9. The molecular formula is C31H32N4O4. The molecule has 4 aromatic carbocycles. The van der Waals surface area contributed by atoms with Gasteiger partial charge in [-0.1, -0.05) is 109 Å². The summed E-state index contributed by atoms with van der Waals surface area (Å²) in [6.07, 6.45) is 0.781. The van der Waals surface area contributed by atoms with Gasteiger partial charge in [0.1, 0.15) is 0 Å². The molecule has 0 bridgehead atoms. The fourth-order valence-corrected chi connectivity index (χ4v) is 3.74. The first kappa shape index (κ1) is 27.4. The van der Waals surface area contributed by atoms with E-state index < -0.39 is 0 Å².